The zero-order valence-corrected chi connectivity index (χ0v) is 81.5. The minimum atomic E-state index is -4.05. The second kappa shape index (κ2) is 58.8. The fourth-order valence-electron chi connectivity index (χ4n) is 16.9. The Kier molecular flexibility index (Phi) is 49.6. The van der Waals surface area contributed by atoms with Crippen LogP contribution in [0.4, 0.5) is 10.2 Å². The van der Waals surface area contributed by atoms with Crippen molar-refractivity contribution in [3.63, 3.8) is 0 Å². The molecule has 2 aromatic carbocycles. The first kappa shape index (κ1) is 111. The van der Waals surface area contributed by atoms with Gasteiger partial charge < -0.3 is 96.8 Å². The van der Waals surface area contributed by atoms with Crippen molar-refractivity contribution in [3.05, 3.63) is 119 Å². The molecule has 1 aliphatic carbocycles. The number of aliphatic hydroxyl groups is 2. The van der Waals surface area contributed by atoms with Crippen LogP contribution in [-0.2, 0) is 111 Å². The Balaban J connectivity index is 0.000000405. The largest absolute Gasteiger partial charge is 0.491 e. The first-order valence-corrected chi connectivity index (χ1v) is 49.0. The molecule has 3 aromatic rings. The van der Waals surface area contributed by atoms with E-state index < -0.39 is 110 Å². The van der Waals surface area contributed by atoms with Gasteiger partial charge in [-0.3, -0.25) is 28.8 Å². The van der Waals surface area contributed by atoms with Crippen LogP contribution >= 0.6 is 12.2 Å². The minimum Gasteiger partial charge on any atom is -0.491 e. The van der Waals surface area contributed by atoms with Crippen molar-refractivity contribution in [2.45, 2.75) is 244 Å². The maximum atomic E-state index is 15.6. The van der Waals surface area contributed by atoms with Crippen molar-refractivity contribution >= 4 is 73.8 Å². The second-order valence-electron chi connectivity index (χ2n) is 34.9. The Bertz CT molecular complexity index is 4360. The zero-order chi connectivity index (χ0) is 96.3. The van der Waals surface area contributed by atoms with E-state index in [4.69, 9.17) is 89.0 Å². The highest BCUT2D eigenvalue weighted by molar-refractivity contribution is 7.91. The van der Waals surface area contributed by atoms with Crippen LogP contribution in [0.2, 0.25) is 0 Å². The molecule has 2 amide bonds. The van der Waals surface area contributed by atoms with Crippen LogP contribution < -0.4 is 10.5 Å². The summed E-state index contributed by atoms with van der Waals surface area (Å²) < 4.78 is 127. The lowest BCUT2D eigenvalue weighted by Crippen LogP contribution is -2.61. The number of aromatic nitrogens is 1. The number of aliphatic hydroxyl groups excluding tert-OH is 1. The average molecular weight is 1890 g/mol. The van der Waals surface area contributed by atoms with Crippen molar-refractivity contribution < 1.29 is 128 Å². The van der Waals surface area contributed by atoms with Gasteiger partial charge in [-0.25, -0.2) is 22.6 Å². The van der Waals surface area contributed by atoms with Crippen LogP contribution in [0.5, 0.6) is 5.75 Å². The number of sulfone groups is 1. The predicted octanol–water partition coefficient (Wildman–Crippen LogP) is 12.8. The highest BCUT2D eigenvalue weighted by atomic mass is 32.2. The van der Waals surface area contributed by atoms with Gasteiger partial charge in [-0.15, -0.1) is 0 Å². The fourth-order valence-corrected chi connectivity index (χ4v) is 18.6. The third-order valence-corrected chi connectivity index (χ3v) is 26.9. The molecule has 738 valence electrons. The molecule has 1 saturated carbocycles. The maximum Gasteiger partial charge on any atom is 0.329 e. The molecule has 2 saturated heterocycles. The lowest BCUT2D eigenvalue weighted by atomic mass is 9.78. The quantitative estimate of drug-likeness (QED) is 0.0156. The summed E-state index contributed by atoms with van der Waals surface area (Å²) in [5, 5.41) is 24.1. The first-order chi connectivity index (χ1) is 63.3. The summed E-state index contributed by atoms with van der Waals surface area (Å²) in [6, 6.07) is 10.5. The smallest absolute Gasteiger partial charge is 0.329 e. The lowest BCUT2D eigenvalue weighted by molar-refractivity contribution is -0.265. The zero-order valence-electron chi connectivity index (χ0n) is 79.8. The Morgan fingerprint density at radius 3 is 1.99 bits per heavy atom. The summed E-state index contributed by atoms with van der Waals surface area (Å²) in [7, 11) is 0.557. The number of carbonyl (C=O) groups excluding carboxylic acids is 7. The van der Waals surface area contributed by atoms with Crippen LogP contribution in [-0.4, -0.2) is 286 Å². The lowest BCUT2D eigenvalue weighted by Gasteiger charge is -2.42. The van der Waals surface area contributed by atoms with Gasteiger partial charge >= 0.3 is 5.97 Å². The molecule has 4 aliphatic heterocycles. The highest BCUT2D eigenvalue weighted by Crippen LogP contribution is 2.40. The Morgan fingerprint density at radius 1 is 0.705 bits per heavy atom. The van der Waals surface area contributed by atoms with Crippen molar-refractivity contribution in [2.24, 2.45) is 35.5 Å². The Labute approximate surface area is 785 Å². The normalized spacial score (nSPS) is 26.3. The molecule has 4 N–H and O–H groups in total. The van der Waals surface area contributed by atoms with Crippen LogP contribution in [0, 0.1) is 48.2 Å². The molecule has 2 bridgehead atoms. The van der Waals surface area contributed by atoms with Crippen LogP contribution in [0.1, 0.15) is 193 Å². The van der Waals surface area contributed by atoms with Gasteiger partial charge in [0.1, 0.15) is 70.9 Å². The summed E-state index contributed by atoms with van der Waals surface area (Å²) in [6.07, 6.45) is 14.7. The molecule has 0 radical (unpaired) electrons. The third-order valence-electron chi connectivity index (χ3n) is 24.8. The van der Waals surface area contributed by atoms with E-state index in [-0.39, 0.29) is 123 Å². The Morgan fingerprint density at radius 2 is 1.36 bits per heavy atom. The Hall–Kier alpha value is -7.55. The molecule has 1 aromatic heterocycles. The number of cyclic esters (lactones) is 1. The summed E-state index contributed by atoms with van der Waals surface area (Å²) >= 11 is 5.66. The molecule has 5 heterocycles. The monoisotopic (exact) mass is 1890 g/mol. The molecule has 33 heteroatoms. The first-order valence-electron chi connectivity index (χ1n) is 46.9. The number of amides is 2. The number of nitrogens with zero attached hydrogens (tertiary/aromatic N) is 3. The number of esters is 1. The van der Waals surface area contributed by atoms with Gasteiger partial charge in [0.05, 0.1) is 116 Å². The number of hydrogen-bond donors (Lipinski definition) is 3. The number of Topliss-reactive ketones (excluding diaryl/α,β-unsaturated/α-hetero) is 4. The van der Waals surface area contributed by atoms with Crippen molar-refractivity contribution in [1.29, 1.82) is 0 Å². The van der Waals surface area contributed by atoms with Gasteiger partial charge in [0, 0.05) is 127 Å². The topological polar surface area (TPSA) is 378 Å². The van der Waals surface area contributed by atoms with Gasteiger partial charge in [0.15, 0.2) is 20.7 Å². The standard InChI is InChI=1S/C63H101NO17S.C36H46FN3O9S/c1-12-75-29-30-77-33-34-78-32-31-76-28-18-22-56(82)79-52-26-24-48(38-55(52)73-10)37-44(5)54-40-51(65)43(4)36-46(7)58(67)59(74-11)57(66)45(6)35-41(2)19-14-13-15-20-42(3)53(72-9)39-49-25-23-47(8)63(71,81-49)60(68)61(69)64-27-17-16-21-50(64)62(70)80-54;1-3-45-16-17-47-20-21-48-19-18-46-14-12-30(41)5-4-22-50(43,44)33-10-8-31(26(2)35(33)37)36(42)40-13-15-49-32-9-6-27(23-29(32)25-40)28-7-11-34(38)39-24-28/h13-15,19-20,36,41,43-45,47-50,52-55,58-59,67,71H,12,16-18,21-35,37-40H2,1-11H3;6-11,23-24H,3-5,12-22,25H2,1-2H3,(H2,38,39)/b15-13+,19-14+,42-20+,46-36+;/t41-,43-,44-,45-,47-,48+,49+,50+,52-,53+,54+,55-,58-,59+,63-;/m1./s1. The van der Waals surface area contributed by atoms with E-state index in [1.54, 1.807) is 58.2 Å². The number of carbonyl (C=O) groups is 7. The fraction of sp³-hybridized carbons (Fsp3) is 0.667. The van der Waals surface area contributed by atoms with E-state index in [0.29, 0.717) is 192 Å². The van der Waals surface area contributed by atoms with Gasteiger partial charge in [-0.05, 0) is 200 Å². The van der Waals surface area contributed by atoms with E-state index in [9.17, 15) is 52.2 Å². The molecule has 0 spiro atoms. The number of fused-ring (bicyclic) bond motifs is 4. The number of hydrogen-bond acceptors (Lipinski definition) is 29. The number of nitrogens with two attached hydrogens (primary N) is 1. The summed E-state index contributed by atoms with van der Waals surface area (Å²) in [5.74, 6) is -9.06. The minimum absolute atomic E-state index is 0.00599. The number of halogens is 1. The van der Waals surface area contributed by atoms with Crippen molar-refractivity contribution in [1.82, 2.24) is 14.8 Å². The molecule has 0 unspecified atom stereocenters. The van der Waals surface area contributed by atoms with Crippen molar-refractivity contribution in [3.8, 4) is 16.9 Å². The number of benzene rings is 2. The van der Waals surface area contributed by atoms with E-state index >= 15 is 4.39 Å². The molecule has 15 atom stereocenters. The number of methoxy groups -OCH3 is 3. The molecule has 3 fully saturated rings. The molecule has 5 aliphatic rings. The molecular weight excluding hydrogens is 1740 g/mol. The molecule has 30 nitrogen and oxygen atoms in total. The number of allylic oxidation sites excluding steroid dienone is 6. The van der Waals surface area contributed by atoms with E-state index in [1.807, 2.05) is 96.2 Å². The van der Waals surface area contributed by atoms with Gasteiger partial charge in [0.25, 0.3) is 17.6 Å². The second-order valence-corrected chi connectivity index (χ2v) is 37.4. The average Bonchev–Trinajstić information content (AvgIpc) is 0.821. The number of ketones is 4. The van der Waals surface area contributed by atoms with Crippen LogP contribution in [0.3, 0.4) is 0 Å². The maximum absolute atomic E-state index is 15.6. The number of ether oxygens (including phenoxy) is 15. The van der Waals surface area contributed by atoms with Crippen LogP contribution in [0.15, 0.2) is 101 Å². The number of rotatable bonds is 41. The van der Waals surface area contributed by atoms with Crippen molar-refractivity contribution in [2.75, 3.05) is 158 Å². The molecule has 8 rings (SSSR count). The predicted molar refractivity (Wildman–Crippen MR) is 500 cm³/mol. The number of piperidine rings is 1. The number of thiocarbonyl (C=S) groups is 1. The van der Waals surface area contributed by atoms with E-state index in [1.165, 1.54) is 25.0 Å². The van der Waals surface area contributed by atoms with Gasteiger partial charge in [0.2, 0.25) is 5.79 Å². The third kappa shape index (κ3) is 35.9. The summed E-state index contributed by atoms with van der Waals surface area (Å²) in [4.78, 5) is 104. The summed E-state index contributed by atoms with van der Waals surface area (Å²) in [6.45, 7) is 26.4. The SMILES string of the molecule is CCOCCOCCOCCOCCC(=O)CCCS(=O)(=O)c1ccc(C(=O)N2CCOc3ccc(-c4ccc(N)nc4)cc3C2)c(C)c1F.CCOCCOCCOCCOCCCC(=S)O[C@@H]1CC[C@@H](C[C@@H](C)[C@@H]2CC(=O)[C@H](C)/C=C(\C)[C@@H](O)[C@@H](OC)C(=O)[C@H](C)C[C@H](C)/C=C/C=C/C=C(\C)[C@@H](OC)C[C@@H]3CC[C@@H](C)[C@@](O)(O3)C(=O)C(=O)N3CCCC[C@H]3C(=O)O2)C[C@H]1OC. The highest BCUT2D eigenvalue weighted by Gasteiger charge is 2.53. The van der Waals surface area contributed by atoms with Crippen LogP contribution in [0.25, 0.3) is 11.1 Å². The van der Waals surface area contributed by atoms with E-state index in [2.05, 4.69) is 4.98 Å². The molecular formula is C99H147FN4O26S2. The number of pyridine rings is 1. The number of anilines is 1. The van der Waals surface area contributed by atoms with Gasteiger partial charge in [-0.1, -0.05) is 77.1 Å². The van der Waals surface area contributed by atoms with Gasteiger partial charge in [-0.2, -0.15) is 0 Å². The molecule has 132 heavy (non-hydrogen) atoms. The van der Waals surface area contributed by atoms with E-state index in [0.717, 1.165) is 34.8 Å². The summed E-state index contributed by atoms with van der Waals surface area (Å²) in [5.41, 5.74) is 9.46. The number of nitrogen functional groups attached to an aromatic ring is 1.